The number of hydrogen-bond acceptors (Lipinski definition) is 5. The Hall–Kier alpha value is -2.62. The summed E-state index contributed by atoms with van der Waals surface area (Å²) in [5, 5.41) is 22.5. The Bertz CT molecular complexity index is 548. The highest BCUT2D eigenvalue weighted by atomic mass is 16.6. The zero-order valence-corrected chi connectivity index (χ0v) is 10.6. The second-order valence-corrected chi connectivity index (χ2v) is 4.37. The fourth-order valence-electron chi connectivity index (χ4n) is 1.60. The van der Waals surface area contributed by atoms with Crippen molar-refractivity contribution in [1.82, 2.24) is 0 Å². The maximum absolute atomic E-state index is 11.3. The molecular weight excluding hydrogens is 248 g/mol. The van der Waals surface area contributed by atoms with Crippen molar-refractivity contribution in [3.8, 4) is 6.07 Å². The van der Waals surface area contributed by atoms with Gasteiger partial charge in [-0.2, -0.15) is 5.26 Å². The van der Waals surface area contributed by atoms with Crippen molar-refractivity contribution in [2.75, 3.05) is 5.32 Å². The minimum absolute atomic E-state index is 0.0702. The van der Waals surface area contributed by atoms with E-state index in [1.807, 2.05) is 6.07 Å². The van der Waals surface area contributed by atoms with Crippen LogP contribution in [0.2, 0.25) is 0 Å². The van der Waals surface area contributed by atoms with Gasteiger partial charge in [-0.3, -0.25) is 14.9 Å². The third kappa shape index (κ3) is 3.42. The van der Waals surface area contributed by atoms with Crippen molar-refractivity contribution in [3.05, 3.63) is 33.9 Å². The molecule has 0 saturated heterocycles. The molecule has 0 bridgehead atoms. The summed E-state index contributed by atoms with van der Waals surface area (Å²) in [6.45, 7) is 3.61. The van der Waals surface area contributed by atoms with E-state index in [0.717, 1.165) is 6.07 Å². The van der Waals surface area contributed by atoms with Gasteiger partial charge in [0.2, 0.25) is 5.91 Å². The number of carbonyl (C=O) groups is 1. The van der Waals surface area contributed by atoms with Crippen molar-refractivity contribution >= 4 is 17.3 Å². The van der Waals surface area contributed by atoms with Crippen LogP contribution in [-0.2, 0) is 4.79 Å². The highest BCUT2D eigenvalue weighted by Gasteiger charge is 2.21. The molecule has 0 fully saturated rings. The molecule has 0 aromatic heterocycles. The standard InChI is InChI=1S/C12H14N4O3/c1-7(2)11(12(14)17)15-10-4-3-9(16(18)19)5-8(10)6-13/h3-5,7,11,15H,1-2H3,(H2,14,17). The number of benzene rings is 1. The number of amides is 1. The quantitative estimate of drug-likeness (QED) is 0.613. The van der Waals surface area contributed by atoms with Gasteiger partial charge in [0.05, 0.1) is 16.2 Å². The van der Waals surface area contributed by atoms with Gasteiger partial charge >= 0.3 is 0 Å². The molecule has 1 aromatic carbocycles. The van der Waals surface area contributed by atoms with Crippen LogP contribution in [-0.4, -0.2) is 16.9 Å². The number of nitro groups is 1. The number of primary amides is 1. The fraction of sp³-hybridized carbons (Fsp3) is 0.333. The molecule has 0 saturated carbocycles. The first-order valence-electron chi connectivity index (χ1n) is 5.61. The zero-order valence-electron chi connectivity index (χ0n) is 10.6. The van der Waals surface area contributed by atoms with Crippen LogP contribution in [0.4, 0.5) is 11.4 Å². The molecule has 0 spiro atoms. The van der Waals surface area contributed by atoms with E-state index in [4.69, 9.17) is 11.0 Å². The van der Waals surface area contributed by atoms with Crippen LogP contribution in [0.1, 0.15) is 19.4 Å². The van der Waals surface area contributed by atoms with Crippen molar-refractivity contribution in [2.24, 2.45) is 11.7 Å². The molecule has 7 nitrogen and oxygen atoms in total. The van der Waals surface area contributed by atoms with E-state index in [0.29, 0.717) is 5.69 Å². The summed E-state index contributed by atoms with van der Waals surface area (Å²) in [5.74, 6) is -0.614. The lowest BCUT2D eigenvalue weighted by atomic mass is 10.0. The van der Waals surface area contributed by atoms with E-state index in [1.165, 1.54) is 12.1 Å². The van der Waals surface area contributed by atoms with E-state index in [2.05, 4.69) is 5.32 Å². The first-order valence-corrected chi connectivity index (χ1v) is 5.61. The van der Waals surface area contributed by atoms with Gasteiger partial charge in [-0.05, 0) is 12.0 Å². The largest absolute Gasteiger partial charge is 0.372 e. The summed E-state index contributed by atoms with van der Waals surface area (Å²) in [6.07, 6.45) is 0. The molecule has 1 rings (SSSR count). The Labute approximate surface area is 110 Å². The predicted molar refractivity (Wildman–Crippen MR) is 69.3 cm³/mol. The van der Waals surface area contributed by atoms with Crippen LogP contribution < -0.4 is 11.1 Å². The lowest BCUT2D eigenvalue weighted by Crippen LogP contribution is -2.39. The highest BCUT2D eigenvalue weighted by molar-refractivity contribution is 5.84. The van der Waals surface area contributed by atoms with Crippen molar-refractivity contribution in [3.63, 3.8) is 0 Å². The Morgan fingerprint density at radius 1 is 1.53 bits per heavy atom. The molecule has 0 heterocycles. The Morgan fingerprint density at radius 3 is 2.58 bits per heavy atom. The van der Waals surface area contributed by atoms with Crippen LogP contribution in [0.3, 0.4) is 0 Å². The summed E-state index contributed by atoms with van der Waals surface area (Å²) in [6, 6.07) is 5.03. The number of anilines is 1. The average molecular weight is 262 g/mol. The third-order valence-corrected chi connectivity index (χ3v) is 2.62. The first kappa shape index (κ1) is 14.4. The molecule has 3 N–H and O–H groups in total. The number of hydrogen-bond donors (Lipinski definition) is 2. The van der Waals surface area contributed by atoms with Gasteiger partial charge in [-0.1, -0.05) is 13.8 Å². The lowest BCUT2D eigenvalue weighted by molar-refractivity contribution is -0.384. The molecule has 1 aromatic rings. The van der Waals surface area contributed by atoms with E-state index in [1.54, 1.807) is 13.8 Å². The van der Waals surface area contributed by atoms with Gasteiger partial charge in [0.25, 0.3) is 5.69 Å². The van der Waals surface area contributed by atoms with E-state index >= 15 is 0 Å². The second kappa shape index (κ2) is 5.82. The number of rotatable bonds is 5. The monoisotopic (exact) mass is 262 g/mol. The number of nitrogens with one attached hydrogen (secondary N) is 1. The van der Waals surface area contributed by atoms with Gasteiger partial charge in [-0.25, -0.2) is 0 Å². The summed E-state index contributed by atoms with van der Waals surface area (Å²) in [7, 11) is 0. The Balaban J connectivity index is 3.11. The Morgan fingerprint density at radius 2 is 2.16 bits per heavy atom. The average Bonchev–Trinajstić information content (AvgIpc) is 2.34. The van der Waals surface area contributed by atoms with Gasteiger partial charge in [-0.15, -0.1) is 0 Å². The number of non-ortho nitro benzene ring substituents is 1. The van der Waals surface area contributed by atoms with E-state index < -0.39 is 16.9 Å². The lowest BCUT2D eigenvalue weighted by Gasteiger charge is -2.20. The zero-order chi connectivity index (χ0) is 14.6. The first-order chi connectivity index (χ1) is 8.86. The molecule has 100 valence electrons. The van der Waals surface area contributed by atoms with Crippen LogP contribution in [0, 0.1) is 27.4 Å². The number of carbonyl (C=O) groups excluding carboxylic acids is 1. The van der Waals surface area contributed by atoms with E-state index in [-0.39, 0.29) is 17.2 Å². The molecule has 1 unspecified atom stereocenters. The van der Waals surface area contributed by atoms with Crippen LogP contribution in [0.15, 0.2) is 18.2 Å². The van der Waals surface area contributed by atoms with Crippen LogP contribution >= 0.6 is 0 Å². The molecule has 1 atom stereocenters. The summed E-state index contributed by atoms with van der Waals surface area (Å²) < 4.78 is 0. The SMILES string of the molecule is CC(C)C(Nc1ccc([N+](=O)[O-])cc1C#N)C(N)=O. The van der Waals surface area contributed by atoms with Crippen LogP contribution in [0.5, 0.6) is 0 Å². The van der Waals surface area contributed by atoms with Crippen LogP contribution in [0.25, 0.3) is 0 Å². The predicted octanol–water partition coefficient (Wildman–Crippen LogP) is 1.39. The van der Waals surface area contributed by atoms with E-state index in [9.17, 15) is 14.9 Å². The molecule has 1 amide bonds. The molecular formula is C12H14N4O3. The van der Waals surface area contributed by atoms with Crippen molar-refractivity contribution < 1.29 is 9.72 Å². The van der Waals surface area contributed by atoms with Gasteiger partial charge in [0, 0.05) is 12.1 Å². The molecule has 0 aliphatic rings. The van der Waals surface area contributed by atoms with Crippen molar-refractivity contribution in [1.29, 1.82) is 5.26 Å². The maximum atomic E-state index is 11.3. The molecule has 0 aliphatic heterocycles. The number of nitriles is 1. The number of nitro benzene ring substituents is 1. The van der Waals surface area contributed by atoms with Gasteiger partial charge < -0.3 is 11.1 Å². The molecule has 7 heteroatoms. The minimum atomic E-state index is -0.645. The topological polar surface area (TPSA) is 122 Å². The van der Waals surface area contributed by atoms with Crippen molar-refractivity contribution in [2.45, 2.75) is 19.9 Å². The molecule has 0 aliphatic carbocycles. The summed E-state index contributed by atoms with van der Waals surface area (Å²) in [5.41, 5.74) is 5.53. The van der Waals surface area contributed by atoms with Gasteiger partial charge in [0.15, 0.2) is 0 Å². The maximum Gasteiger partial charge on any atom is 0.270 e. The minimum Gasteiger partial charge on any atom is -0.372 e. The highest BCUT2D eigenvalue weighted by Crippen LogP contribution is 2.23. The third-order valence-electron chi connectivity index (χ3n) is 2.62. The molecule has 0 radical (unpaired) electrons. The fourth-order valence-corrected chi connectivity index (χ4v) is 1.60. The summed E-state index contributed by atoms with van der Waals surface area (Å²) >= 11 is 0. The summed E-state index contributed by atoms with van der Waals surface area (Å²) in [4.78, 5) is 21.3. The number of nitrogens with zero attached hydrogens (tertiary/aromatic N) is 2. The normalized spacial score (nSPS) is 11.7. The number of nitrogens with two attached hydrogens (primary N) is 1. The Kier molecular flexibility index (Phi) is 4.42. The molecule has 19 heavy (non-hydrogen) atoms. The van der Waals surface area contributed by atoms with Gasteiger partial charge in [0.1, 0.15) is 12.1 Å². The smallest absolute Gasteiger partial charge is 0.270 e. The second-order valence-electron chi connectivity index (χ2n) is 4.37.